The molecule has 0 saturated carbocycles. The quantitative estimate of drug-likeness (QED) is 0.703. The van der Waals surface area contributed by atoms with Gasteiger partial charge in [0.15, 0.2) is 0 Å². The maximum atomic E-state index is 11.0. The van der Waals surface area contributed by atoms with Crippen LogP contribution in [-0.2, 0) is 0 Å². The van der Waals surface area contributed by atoms with Crippen molar-refractivity contribution in [2.75, 3.05) is 18.0 Å². The first-order chi connectivity index (χ1) is 6.75. The van der Waals surface area contributed by atoms with E-state index in [2.05, 4.69) is 27.0 Å². The first kappa shape index (κ1) is 9.18. The second-order valence-corrected chi connectivity index (χ2v) is 3.83. The van der Waals surface area contributed by atoms with E-state index in [9.17, 15) is 4.79 Å². The number of aromatic amines is 1. The van der Waals surface area contributed by atoms with Gasteiger partial charge in [0.2, 0.25) is 5.95 Å². The van der Waals surface area contributed by atoms with E-state index in [1.807, 2.05) is 0 Å². The Bertz CT molecular complexity index is 354. The highest BCUT2D eigenvalue weighted by molar-refractivity contribution is 5.27. The molecule has 5 nitrogen and oxygen atoms in total. The van der Waals surface area contributed by atoms with Crippen LogP contribution < -0.4 is 10.5 Å². The van der Waals surface area contributed by atoms with Crippen LogP contribution in [0, 0.1) is 5.92 Å². The van der Waals surface area contributed by atoms with Gasteiger partial charge in [-0.1, -0.05) is 6.92 Å². The van der Waals surface area contributed by atoms with Crippen LogP contribution in [0.5, 0.6) is 0 Å². The Morgan fingerprint density at radius 2 is 2.21 bits per heavy atom. The maximum Gasteiger partial charge on any atom is 0.271 e. The van der Waals surface area contributed by atoms with Gasteiger partial charge in [-0.05, 0) is 18.8 Å². The zero-order valence-corrected chi connectivity index (χ0v) is 8.23. The lowest BCUT2D eigenvalue weighted by molar-refractivity contribution is 0.433. The molecule has 1 aromatic rings. The number of H-pyrrole nitrogens is 1. The van der Waals surface area contributed by atoms with Crippen molar-refractivity contribution in [2.24, 2.45) is 5.92 Å². The van der Waals surface area contributed by atoms with E-state index >= 15 is 0 Å². The van der Waals surface area contributed by atoms with Gasteiger partial charge in [0, 0.05) is 13.1 Å². The second-order valence-electron chi connectivity index (χ2n) is 3.83. The number of hydrogen-bond donors (Lipinski definition) is 1. The average molecular weight is 194 g/mol. The van der Waals surface area contributed by atoms with Crippen LogP contribution in [0.25, 0.3) is 0 Å². The van der Waals surface area contributed by atoms with Crippen molar-refractivity contribution in [3.63, 3.8) is 0 Å². The zero-order valence-electron chi connectivity index (χ0n) is 8.23. The Labute approximate surface area is 82.2 Å². The molecule has 1 aromatic heterocycles. The molecule has 0 spiro atoms. The first-order valence-corrected chi connectivity index (χ1v) is 4.92. The summed E-state index contributed by atoms with van der Waals surface area (Å²) in [5.74, 6) is 1.37. The predicted molar refractivity (Wildman–Crippen MR) is 53.3 cm³/mol. The molecule has 1 aliphatic heterocycles. The van der Waals surface area contributed by atoms with Crippen molar-refractivity contribution in [1.82, 2.24) is 15.2 Å². The van der Waals surface area contributed by atoms with Crippen LogP contribution >= 0.6 is 0 Å². The van der Waals surface area contributed by atoms with Crippen molar-refractivity contribution in [2.45, 2.75) is 19.8 Å². The van der Waals surface area contributed by atoms with Gasteiger partial charge >= 0.3 is 0 Å². The molecule has 1 N–H and O–H groups in total. The second kappa shape index (κ2) is 3.77. The number of rotatable bonds is 1. The number of nitrogens with zero attached hydrogens (tertiary/aromatic N) is 3. The van der Waals surface area contributed by atoms with E-state index in [4.69, 9.17) is 0 Å². The molecule has 2 heterocycles. The van der Waals surface area contributed by atoms with Crippen LogP contribution in [0.2, 0.25) is 0 Å². The topological polar surface area (TPSA) is 61.9 Å². The molecule has 0 amide bonds. The van der Waals surface area contributed by atoms with Crippen LogP contribution in [-0.4, -0.2) is 28.3 Å². The molecular weight excluding hydrogens is 180 g/mol. The molecular formula is C9H14N4O. The number of nitrogens with one attached hydrogen (secondary N) is 1. The fourth-order valence-electron chi connectivity index (χ4n) is 1.67. The van der Waals surface area contributed by atoms with E-state index in [0.29, 0.717) is 5.95 Å². The minimum Gasteiger partial charge on any atom is -0.341 e. The maximum absolute atomic E-state index is 11.0. The minimum atomic E-state index is -0.186. The number of anilines is 1. The van der Waals surface area contributed by atoms with Crippen molar-refractivity contribution >= 4 is 5.95 Å². The molecule has 1 fully saturated rings. The number of piperidine rings is 1. The lowest BCUT2D eigenvalue weighted by Gasteiger charge is -2.29. The largest absolute Gasteiger partial charge is 0.341 e. The molecule has 0 radical (unpaired) electrons. The van der Waals surface area contributed by atoms with Crippen LogP contribution in [0.4, 0.5) is 5.95 Å². The first-order valence-electron chi connectivity index (χ1n) is 4.92. The van der Waals surface area contributed by atoms with Crippen molar-refractivity contribution < 1.29 is 0 Å². The smallest absolute Gasteiger partial charge is 0.271 e. The summed E-state index contributed by atoms with van der Waals surface area (Å²) < 4.78 is 0. The molecule has 0 atom stereocenters. The third kappa shape index (κ3) is 1.92. The van der Waals surface area contributed by atoms with Gasteiger partial charge in [0.1, 0.15) is 6.20 Å². The van der Waals surface area contributed by atoms with Gasteiger partial charge in [0.25, 0.3) is 5.56 Å². The molecule has 0 unspecified atom stereocenters. The van der Waals surface area contributed by atoms with E-state index in [0.717, 1.165) is 31.8 Å². The summed E-state index contributed by atoms with van der Waals surface area (Å²) in [4.78, 5) is 15.8. The Balaban J connectivity index is 2.12. The molecule has 76 valence electrons. The highest BCUT2D eigenvalue weighted by Crippen LogP contribution is 2.18. The van der Waals surface area contributed by atoms with Crippen molar-refractivity contribution in [1.29, 1.82) is 0 Å². The predicted octanol–water partition coefficient (Wildman–Crippen LogP) is 0.401. The van der Waals surface area contributed by atoms with Crippen molar-refractivity contribution in [3.05, 3.63) is 16.6 Å². The lowest BCUT2D eigenvalue weighted by Crippen LogP contribution is -2.35. The molecule has 1 saturated heterocycles. The lowest BCUT2D eigenvalue weighted by atomic mass is 10.00. The normalized spacial score (nSPS) is 18.5. The molecule has 14 heavy (non-hydrogen) atoms. The van der Waals surface area contributed by atoms with Crippen LogP contribution in [0.3, 0.4) is 0 Å². The Morgan fingerprint density at radius 3 is 2.86 bits per heavy atom. The van der Waals surface area contributed by atoms with Gasteiger partial charge < -0.3 is 4.90 Å². The third-order valence-electron chi connectivity index (χ3n) is 2.65. The SMILES string of the molecule is CC1CCN(c2nncc(=O)[nH]2)CC1. The van der Waals surface area contributed by atoms with E-state index in [1.165, 1.54) is 6.20 Å². The molecule has 0 aromatic carbocycles. The fourth-order valence-corrected chi connectivity index (χ4v) is 1.67. The molecule has 0 bridgehead atoms. The van der Waals surface area contributed by atoms with Crippen LogP contribution in [0.15, 0.2) is 11.0 Å². The summed E-state index contributed by atoms with van der Waals surface area (Å²) in [7, 11) is 0. The number of hydrogen-bond acceptors (Lipinski definition) is 4. The van der Waals surface area contributed by atoms with E-state index in [-0.39, 0.29) is 5.56 Å². The summed E-state index contributed by atoms with van der Waals surface area (Å²) in [6, 6.07) is 0. The summed E-state index contributed by atoms with van der Waals surface area (Å²) in [5.41, 5.74) is -0.186. The summed E-state index contributed by atoms with van der Waals surface area (Å²) >= 11 is 0. The average Bonchev–Trinajstić information content (AvgIpc) is 2.19. The summed E-state index contributed by atoms with van der Waals surface area (Å²) in [6.07, 6.45) is 3.49. The summed E-state index contributed by atoms with van der Waals surface area (Å²) in [5, 5.41) is 7.55. The summed E-state index contributed by atoms with van der Waals surface area (Å²) in [6.45, 7) is 4.16. The molecule has 5 heteroatoms. The van der Waals surface area contributed by atoms with E-state index < -0.39 is 0 Å². The minimum absolute atomic E-state index is 0.186. The zero-order chi connectivity index (χ0) is 9.97. The number of aromatic nitrogens is 3. The highest BCUT2D eigenvalue weighted by atomic mass is 16.1. The molecule has 0 aliphatic carbocycles. The fraction of sp³-hybridized carbons (Fsp3) is 0.667. The molecule has 1 aliphatic rings. The Hall–Kier alpha value is -1.39. The Morgan fingerprint density at radius 1 is 1.50 bits per heavy atom. The van der Waals surface area contributed by atoms with Gasteiger partial charge in [-0.15, -0.1) is 10.2 Å². The standard InChI is InChI=1S/C9H14N4O/c1-7-2-4-13(5-3-7)9-11-8(14)6-10-12-9/h6-7H,2-5H2,1H3,(H,11,12,14). The van der Waals surface area contributed by atoms with Gasteiger partial charge in [-0.3, -0.25) is 9.78 Å². The monoisotopic (exact) mass is 194 g/mol. The van der Waals surface area contributed by atoms with Gasteiger partial charge in [-0.2, -0.15) is 0 Å². The van der Waals surface area contributed by atoms with Crippen LogP contribution in [0.1, 0.15) is 19.8 Å². The molecule has 2 rings (SSSR count). The van der Waals surface area contributed by atoms with Gasteiger partial charge in [0.05, 0.1) is 0 Å². The van der Waals surface area contributed by atoms with Crippen molar-refractivity contribution in [3.8, 4) is 0 Å². The highest BCUT2D eigenvalue weighted by Gasteiger charge is 2.17. The van der Waals surface area contributed by atoms with E-state index in [1.54, 1.807) is 0 Å². The Kier molecular flexibility index (Phi) is 2.47. The van der Waals surface area contributed by atoms with Gasteiger partial charge in [-0.25, -0.2) is 0 Å². The third-order valence-corrected chi connectivity index (χ3v) is 2.65.